The molecule has 2 aliphatic rings. The smallest absolute Gasteiger partial charge is 0.254 e. The summed E-state index contributed by atoms with van der Waals surface area (Å²) in [6.45, 7) is 6.51. The zero-order chi connectivity index (χ0) is 24.1. The molecule has 4 rings (SSSR count). The summed E-state index contributed by atoms with van der Waals surface area (Å²) in [5.74, 6) is 0.0613. The minimum Gasteiger partial charge on any atom is -0.370 e. The van der Waals surface area contributed by atoms with Crippen molar-refractivity contribution in [3.8, 4) is 0 Å². The molecule has 2 fully saturated rings. The normalized spacial score (nSPS) is 19.1. The van der Waals surface area contributed by atoms with E-state index in [1.165, 1.54) is 0 Å². The minimum absolute atomic E-state index is 0.00514. The van der Waals surface area contributed by atoms with E-state index in [0.717, 1.165) is 17.7 Å². The van der Waals surface area contributed by atoms with E-state index in [1.807, 2.05) is 18.2 Å². The molecule has 0 aliphatic carbocycles. The maximum atomic E-state index is 13.5. The molecule has 3 heterocycles. The third-order valence-electron chi connectivity index (χ3n) is 6.09. The predicted octanol–water partition coefficient (Wildman–Crippen LogP) is 2.73. The van der Waals surface area contributed by atoms with E-state index in [-0.39, 0.29) is 30.4 Å². The second-order valence-electron chi connectivity index (χ2n) is 9.37. The average molecular weight is 465 g/mol. The Kier molecular flexibility index (Phi) is 7.57. The summed E-state index contributed by atoms with van der Waals surface area (Å²) in [6.07, 6.45) is 4.49. The Bertz CT molecular complexity index is 1030. The average Bonchev–Trinajstić information content (AvgIpc) is 3.20. The van der Waals surface area contributed by atoms with Crippen molar-refractivity contribution in [3.63, 3.8) is 0 Å². The SMILES string of the molecule is CC(C)CN1C[C@@H](OCc2cccnc2)CN(C(=O)c2cccc(N3CCCC3=O)c2)CC1=O. The molecular formula is C26H32N4O4. The van der Waals surface area contributed by atoms with Crippen LogP contribution in [0, 0.1) is 5.92 Å². The zero-order valence-corrected chi connectivity index (χ0v) is 19.9. The monoisotopic (exact) mass is 464 g/mol. The van der Waals surface area contributed by atoms with Gasteiger partial charge in [0, 0.05) is 56.2 Å². The number of benzene rings is 1. The van der Waals surface area contributed by atoms with Crippen LogP contribution < -0.4 is 4.90 Å². The first kappa shape index (κ1) is 23.9. The highest BCUT2D eigenvalue weighted by molar-refractivity contribution is 6.00. The highest BCUT2D eigenvalue weighted by atomic mass is 16.5. The second-order valence-corrected chi connectivity index (χ2v) is 9.37. The van der Waals surface area contributed by atoms with Crippen LogP contribution >= 0.6 is 0 Å². The topological polar surface area (TPSA) is 83.1 Å². The van der Waals surface area contributed by atoms with Gasteiger partial charge in [-0.25, -0.2) is 0 Å². The van der Waals surface area contributed by atoms with E-state index in [4.69, 9.17) is 4.74 Å². The molecular weight excluding hydrogens is 432 g/mol. The van der Waals surface area contributed by atoms with Gasteiger partial charge in [0.2, 0.25) is 11.8 Å². The van der Waals surface area contributed by atoms with Gasteiger partial charge in [-0.3, -0.25) is 19.4 Å². The number of aromatic nitrogens is 1. The van der Waals surface area contributed by atoms with Crippen molar-refractivity contribution in [1.82, 2.24) is 14.8 Å². The Morgan fingerprint density at radius 3 is 2.71 bits per heavy atom. The van der Waals surface area contributed by atoms with Crippen LogP contribution in [0.1, 0.15) is 42.6 Å². The number of ether oxygens (including phenoxy) is 1. The van der Waals surface area contributed by atoms with Gasteiger partial charge in [-0.05, 0) is 42.2 Å². The number of rotatable bonds is 7. The largest absolute Gasteiger partial charge is 0.370 e. The first-order valence-corrected chi connectivity index (χ1v) is 11.9. The van der Waals surface area contributed by atoms with Crippen LogP contribution in [0.25, 0.3) is 0 Å². The fraction of sp³-hybridized carbons (Fsp3) is 0.462. The van der Waals surface area contributed by atoms with E-state index < -0.39 is 0 Å². The third-order valence-corrected chi connectivity index (χ3v) is 6.09. The second kappa shape index (κ2) is 10.8. The third kappa shape index (κ3) is 5.80. The van der Waals surface area contributed by atoms with Crippen molar-refractivity contribution >= 4 is 23.4 Å². The number of hydrogen-bond donors (Lipinski definition) is 0. The van der Waals surface area contributed by atoms with Crippen LogP contribution in [0.4, 0.5) is 5.69 Å². The lowest BCUT2D eigenvalue weighted by atomic mass is 10.1. The molecule has 0 radical (unpaired) electrons. The lowest BCUT2D eigenvalue weighted by Gasteiger charge is -2.26. The van der Waals surface area contributed by atoms with E-state index in [2.05, 4.69) is 18.8 Å². The molecule has 34 heavy (non-hydrogen) atoms. The van der Waals surface area contributed by atoms with Crippen molar-refractivity contribution in [2.75, 3.05) is 37.6 Å². The number of hydrogen-bond acceptors (Lipinski definition) is 5. The maximum absolute atomic E-state index is 13.5. The van der Waals surface area contributed by atoms with Gasteiger partial charge in [0.25, 0.3) is 5.91 Å². The van der Waals surface area contributed by atoms with Crippen LogP contribution in [-0.2, 0) is 20.9 Å². The molecule has 2 aromatic rings. The summed E-state index contributed by atoms with van der Waals surface area (Å²) < 4.78 is 6.16. The predicted molar refractivity (Wildman–Crippen MR) is 128 cm³/mol. The van der Waals surface area contributed by atoms with E-state index in [9.17, 15) is 14.4 Å². The summed E-state index contributed by atoms with van der Waals surface area (Å²) in [5, 5.41) is 0. The molecule has 8 heteroatoms. The van der Waals surface area contributed by atoms with Gasteiger partial charge in [-0.1, -0.05) is 26.0 Å². The van der Waals surface area contributed by atoms with Gasteiger partial charge in [0.15, 0.2) is 0 Å². The Morgan fingerprint density at radius 2 is 2.00 bits per heavy atom. The van der Waals surface area contributed by atoms with E-state index in [1.54, 1.807) is 45.3 Å². The van der Waals surface area contributed by atoms with Gasteiger partial charge >= 0.3 is 0 Å². The lowest BCUT2D eigenvalue weighted by Crippen LogP contribution is -2.40. The summed E-state index contributed by atoms with van der Waals surface area (Å²) in [5.41, 5.74) is 2.13. The molecule has 180 valence electrons. The van der Waals surface area contributed by atoms with Crippen molar-refractivity contribution in [2.45, 2.75) is 39.4 Å². The van der Waals surface area contributed by atoms with Gasteiger partial charge in [0.05, 0.1) is 12.7 Å². The summed E-state index contributed by atoms with van der Waals surface area (Å²) in [6, 6.07) is 10.9. The summed E-state index contributed by atoms with van der Waals surface area (Å²) >= 11 is 0. The standard InChI is InChI=1S/C26H32N4O4/c1-19(2)14-28-15-23(34-18-20-6-4-10-27-13-20)16-29(17-25(28)32)26(33)21-7-3-8-22(12-21)30-11-5-9-24(30)31/h3-4,6-8,10,12-13,19,23H,5,9,11,14-18H2,1-2H3/t23-/m1/s1. The lowest BCUT2D eigenvalue weighted by molar-refractivity contribution is -0.132. The molecule has 2 aliphatic heterocycles. The molecule has 0 bridgehead atoms. The molecule has 2 saturated heterocycles. The molecule has 0 unspecified atom stereocenters. The number of carbonyl (C=O) groups is 3. The van der Waals surface area contributed by atoms with E-state index in [0.29, 0.717) is 50.7 Å². The van der Waals surface area contributed by atoms with Crippen LogP contribution in [0.3, 0.4) is 0 Å². The highest BCUT2D eigenvalue weighted by Gasteiger charge is 2.32. The molecule has 1 atom stereocenters. The molecule has 1 aromatic carbocycles. The summed E-state index contributed by atoms with van der Waals surface area (Å²) in [4.78, 5) is 47.9. The van der Waals surface area contributed by atoms with Gasteiger partial charge in [0.1, 0.15) is 6.54 Å². The number of carbonyl (C=O) groups excluding carboxylic acids is 3. The van der Waals surface area contributed by atoms with Gasteiger partial charge in [-0.15, -0.1) is 0 Å². The first-order valence-electron chi connectivity index (χ1n) is 11.9. The van der Waals surface area contributed by atoms with Crippen molar-refractivity contribution in [2.24, 2.45) is 5.92 Å². The van der Waals surface area contributed by atoms with Crippen LogP contribution in [0.5, 0.6) is 0 Å². The van der Waals surface area contributed by atoms with Crippen LogP contribution in [0.15, 0.2) is 48.8 Å². The minimum atomic E-state index is -0.322. The Hall–Kier alpha value is -3.26. The van der Waals surface area contributed by atoms with Crippen LogP contribution in [-0.4, -0.2) is 71.3 Å². The highest BCUT2D eigenvalue weighted by Crippen LogP contribution is 2.23. The Balaban J connectivity index is 1.52. The fourth-order valence-corrected chi connectivity index (χ4v) is 4.46. The number of nitrogens with zero attached hydrogens (tertiary/aromatic N) is 4. The van der Waals surface area contributed by atoms with Crippen molar-refractivity contribution in [1.29, 1.82) is 0 Å². The molecule has 3 amide bonds. The number of anilines is 1. The summed E-state index contributed by atoms with van der Waals surface area (Å²) in [7, 11) is 0. The zero-order valence-electron chi connectivity index (χ0n) is 19.9. The Labute approximate surface area is 200 Å². The van der Waals surface area contributed by atoms with Crippen molar-refractivity contribution < 1.29 is 19.1 Å². The van der Waals surface area contributed by atoms with Gasteiger partial charge < -0.3 is 19.4 Å². The molecule has 1 aromatic heterocycles. The quantitative estimate of drug-likeness (QED) is 0.629. The van der Waals surface area contributed by atoms with Gasteiger partial charge in [-0.2, -0.15) is 0 Å². The maximum Gasteiger partial charge on any atom is 0.254 e. The fourth-order valence-electron chi connectivity index (χ4n) is 4.46. The first-order chi connectivity index (χ1) is 16.4. The molecule has 0 N–H and O–H groups in total. The number of pyridine rings is 1. The molecule has 0 spiro atoms. The number of amides is 3. The van der Waals surface area contributed by atoms with Crippen molar-refractivity contribution in [3.05, 3.63) is 59.9 Å². The molecule has 0 saturated carbocycles. The van der Waals surface area contributed by atoms with E-state index >= 15 is 0 Å². The Morgan fingerprint density at radius 1 is 1.15 bits per heavy atom. The molecule has 8 nitrogen and oxygen atoms in total. The van der Waals surface area contributed by atoms with Crippen LogP contribution in [0.2, 0.25) is 0 Å².